The van der Waals surface area contributed by atoms with Crippen molar-refractivity contribution in [3.05, 3.63) is 0 Å². The number of likely N-dealkylation sites (tertiary alicyclic amines) is 1. The van der Waals surface area contributed by atoms with Crippen molar-refractivity contribution in [1.82, 2.24) is 4.90 Å². The first-order chi connectivity index (χ1) is 14.6. The molecule has 0 aromatic carbocycles. The Bertz CT molecular complexity index is 961. The highest BCUT2D eigenvalue weighted by Gasteiger charge is 2.73. The fraction of sp³-hybridized carbons (Fsp3) is 0.842. The lowest BCUT2D eigenvalue weighted by molar-refractivity contribution is -0.170. The van der Waals surface area contributed by atoms with Crippen LogP contribution in [0.1, 0.15) is 40.5 Å². The van der Waals surface area contributed by atoms with Crippen molar-refractivity contribution in [3.8, 4) is 0 Å². The predicted octanol–water partition coefficient (Wildman–Crippen LogP) is 1.46. The standard InChI is InChI=1S/C19H25F2NO8S2/c1-7(19(20,21)32(26,27)28)29-17(25)10-9-13-11(22(15(9)23)18(2,3)4)12(14(10)31-13)30-16(24)8-5-6-8/h7-14H,5-6H2,1-4H3,(H,26,27,28). The summed E-state index contributed by atoms with van der Waals surface area (Å²) in [5.41, 5.74) is -0.640. The van der Waals surface area contributed by atoms with E-state index in [9.17, 15) is 31.6 Å². The van der Waals surface area contributed by atoms with Crippen LogP contribution in [0.3, 0.4) is 0 Å². The van der Waals surface area contributed by atoms with Crippen molar-refractivity contribution in [3.63, 3.8) is 0 Å². The molecule has 0 radical (unpaired) electrons. The zero-order chi connectivity index (χ0) is 24.0. The molecule has 0 aromatic heterocycles. The minimum Gasteiger partial charge on any atom is -0.459 e. The number of fused-ring (bicyclic) bond motifs is 1. The second-order valence-electron chi connectivity index (χ2n) is 9.78. The van der Waals surface area contributed by atoms with Crippen molar-refractivity contribution in [2.75, 3.05) is 0 Å². The lowest BCUT2D eigenvalue weighted by atomic mass is 9.78. The quantitative estimate of drug-likeness (QED) is 0.428. The summed E-state index contributed by atoms with van der Waals surface area (Å²) in [5.74, 6) is -4.20. The van der Waals surface area contributed by atoms with E-state index in [0.717, 1.165) is 0 Å². The number of amides is 1. The molecule has 3 saturated heterocycles. The van der Waals surface area contributed by atoms with Gasteiger partial charge >= 0.3 is 27.3 Å². The van der Waals surface area contributed by atoms with Gasteiger partial charge in [-0.05, 0) is 40.5 Å². The summed E-state index contributed by atoms with van der Waals surface area (Å²) in [6.07, 6.45) is -1.88. The summed E-state index contributed by atoms with van der Waals surface area (Å²) in [6.45, 7) is 6.10. The number of ether oxygens (including phenoxy) is 2. The monoisotopic (exact) mass is 497 g/mol. The maximum Gasteiger partial charge on any atom is 0.405 e. The molecule has 7 unspecified atom stereocenters. The summed E-state index contributed by atoms with van der Waals surface area (Å²) >= 11 is 1.30. The van der Waals surface area contributed by atoms with E-state index < -0.39 is 73.4 Å². The molecule has 2 bridgehead atoms. The third kappa shape index (κ3) is 3.51. The first kappa shape index (κ1) is 23.7. The highest BCUT2D eigenvalue weighted by Crippen LogP contribution is 2.61. The fourth-order valence-electron chi connectivity index (χ4n) is 4.89. The fourth-order valence-corrected chi connectivity index (χ4v) is 7.43. The Morgan fingerprint density at radius 1 is 1.19 bits per heavy atom. The molecule has 4 rings (SSSR count). The molecule has 13 heteroatoms. The van der Waals surface area contributed by atoms with Crippen molar-refractivity contribution >= 4 is 39.7 Å². The summed E-state index contributed by atoms with van der Waals surface area (Å²) < 4.78 is 69.1. The van der Waals surface area contributed by atoms with Gasteiger partial charge in [-0.3, -0.25) is 18.9 Å². The van der Waals surface area contributed by atoms with E-state index in [2.05, 4.69) is 0 Å². The van der Waals surface area contributed by atoms with E-state index >= 15 is 0 Å². The molecule has 9 nitrogen and oxygen atoms in total. The van der Waals surface area contributed by atoms with Gasteiger partial charge in [-0.2, -0.15) is 17.2 Å². The van der Waals surface area contributed by atoms with Gasteiger partial charge in [0.15, 0.2) is 6.10 Å². The smallest absolute Gasteiger partial charge is 0.405 e. The number of thioether (sulfide) groups is 1. The Labute approximate surface area is 188 Å². The Morgan fingerprint density at radius 2 is 1.78 bits per heavy atom. The Kier molecular flexibility index (Phi) is 5.37. The average molecular weight is 498 g/mol. The minimum absolute atomic E-state index is 0.214. The number of carbonyl (C=O) groups is 3. The van der Waals surface area contributed by atoms with Crippen LogP contribution < -0.4 is 0 Å². The van der Waals surface area contributed by atoms with E-state index in [1.165, 1.54) is 11.8 Å². The summed E-state index contributed by atoms with van der Waals surface area (Å²) in [6, 6.07) is -0.453. The molecule has 0 aromatic rings. The molecule has 0 spiro atoms. The second kappa shape index (κ2) is 7.26. The molecule has 1 N–H and O–H groups in total. The minimum atomic E-state index is -5.82. The Hall–Kier alpha value is -1.47. The highest BCUT2D eigenvalue weighted by atomic mass is 32.2. The molecule has 4 aliphatic rings. The number of halogens is 2. The molecule has 1 saturated carbocycles. The second-order valence-corrected chi connectivity index (χ2v) is 12.6. The maximum atomic E-state index is 13.9. The summed E-state index contributed by atoms with van der Waals surface area (Å²) in [4.78, 5) is 40.2. The average Bonchev–Trinajstić information content (AvgIpc) is 3.28. The van der Waals surface area contributed by atoms with Gasteiger partial charge in [-0.25, -0.2) is 0 Å². The molecular formula is C19H25F2NO8S2. The molecule has 4 fully saturated rings. The van der Waals surface area contributed by atoms with E-state index in [-0.39, 0.29) is 11.8 Å². The first-order valence-corrected chi connectivity index (χ1v) is 12.7. The molecule has 3 heterocycles. The highest BCUT2D eigenvalue weighted by molar-refractivity contribution is 8.01. The van der Waals surface area contributed by atoms with Crippen LogP contribution >= 0.6 is 11.8 Å². The van der Waals surface area contributed by atoms with Crippen molar-refractivity contribution < 1.29 is 45.6 Å². The third-order valence-electron chi connectivity index (χ3n) is 6.49. The Balaban J connectivity index is 1.63. The van der Waals surface area contributed by atoms with Gasteiger partial charge in [0, 0.05) is 10.8 Å². The maximum absolute atomic E-state index is 13.9. The first-order valence-electron chi connectivity index (χ1n) is 10.3. The summed E-state index contributed by atoms with van der Waals surface area (Å²) in [7, 11) is -5.82. The molecule has 3 aliphatic heterocycles. The molecule has 180 valence electrons. The van der Waals surface area contributed by atoms with Crippen molar-refractivity contribution in [1.29, 1.82) is 0 Å². The Morgan fingerprint density at radius 3 is 2.28 bits per heavy atom. The lowest BCUT2D eigenvalue weighted by Gasteiger charge is -2.39. The normalized spacial score (nSPS) is 35.2. The van der Waals surface area contributed by atoms with Crippen LogP contribution in [0.2, 0.25) is 0 Å². The SMILES string of the molecule is CC(OC(=O)C1C2SC3C1C(=O)N(C(C)(C)C)C3C2OC(=O)C1CC1)C(F)(F)S(=O)(=O)O. The van der Waals surface area contributed by atoms with Gasteiger partial charge in [0.1, 0.15) is 6.10 Å². The number of alkyl halides is 2. The van der Waals surface area contributed by atoms with Crippen LogP contribution in [0.25, 0.3) is 0 Å². The van der Waals surface area contributed by atoms with Gasteiger partial charge in [0.05, 0.1) is 29.0 Å². The van der Waals surface area contributed by atoms with Crippen LogP contribution in [0, 0.1) is 17.8 Å². The number of rotatable bonds is 6. The molecule has 32 heavy (non-hydrogen) atoms. The van der Waals surface area contributed by atoms with Gasteiger partial charge < -0.3 is 14.4 Å². The van der Waals surface area contributed by atoms with Gasteiger partial charge in [0.2, 0.25) is 5.91 Å². The number of hydrogen-bond acceptors (Lipinski definition) is 8. The topological polar surface area (TPSA) is 127 Å². The van der Waals surface area contributed by atoms with Crippen LogP contribution in [-0.2, 0) is 34.0 Å². The molecule has 1 aliphatic carbocycles. The number of nitrogens with zero attached hydrogens (tertiary/aromatic N) is 1. The van der Waals surface area contributed by atoms with Crippen molar-refractivity contribution in [2.45, 2.75) is 80.1 Å². The van der Waals surface area contributed by atoms with E-state index in [1.54, 1.807) is 4.90 Å². The zero-order valence-electron chi connectivity index (χ0n) is 17.9. The van der Waals surface area contributed by atoms with Crippen LogP contribution in [-0.4, -0.2) is 75.3 Å². The van der Waals surface area contributed by atoms with Crippen LogP contribution in [0.4, 0.5) is 8.78 Å². The van der Waals surface area contributed by atoms with Crippen molar-refractivity contribution in [2.24, 2.45) is 17.8 Å². The zero-order valence-corrected chi connectivity index (χ0v) is 19.5. The molecule has 7 atom stereocenters. The predicted molar refractivity (Wildman–Crippen MR) is 107 cm³/mol. The van der Waals surface area contributed by atoms with Gasteiger partial charge in [0.25, 0.3) is 0 Å². The number of carbonyl (C=O) groups excluding carboxylic acids is 3. The van der Waals surface area contributed by atoms with E-state index in [4.69, 9.17) is 14.0 Å². The molecular weight excluding hydrogens is 472 g/mol. The van der Waals surface area contributed by atoms with Gasteiger partial charge in [-0.15, -0.1) is 11.8 Å². The van der Waals surface area contributed by atoms with E-state index in [1.807, 2.05) is 20.8 Å². The largest absolute Gasteiger partial charge is 0.459 e. The lowest BCUT2D eigenvalue weighted by Crippen LogP contribution is -2.55. The summed E-state index contributed by atoms with van der Waals surface area (Å²) in [5, 5.41) is -5.79. The third-order valence-corrected chi connectivity index (χ3v) is 9.28. The molecule has 1 amide bonds. The van der Waals surface area contributed by atoms with Crippen LogP contribution in [0.5, 0.6) is 0 Å². The number of hydrogen-bond donors (Lipinski definition) is 1. The van der Waals surface area contributed by atoms with Crippen LogP contribution in [0.15, 0.2) is 0 Å². The number of esters is 2. The van der Waals surface area contributed by atoms with E-state index in [0.29, 0.717) is 19.8 Å². The van der Waals surface area contributed by atoms with Gasteiger partial charge in [-0.1, -0.05) is 0 Å².